The molecule has 1 atom stereocenters. The number of piperidine rings is 1. The van der Waals surface area contributed by atoms with Crippen molar-refractivity contribution in [1.29, 1.82) is 0 Å². The van der Waals surface area contributed by atoms with E-state index in [1.807, 2.05) is 14.1 Å². The molecule has 1 unspecified atom stereocenters. The average Bonchev–Trinajstić information content (AvgIpc) is 2.96. The third kappa shape index (κ3) is 7.09. The number of ether oxygens (including phenoxy) is 1. The quantitative estimate of drug-likeness (QED) is 0.283. The molecular weight excluding hydrogens is 586 g/mol. The van der Waals surface area contributed by atoms with E-state index >= 15 is 4.39 Å². The fourth-order valence-corrected chi connectivity index (χ4v) is 5.78. The Morgan fingerprint density at radius 1 is 1.05 bits per heavy atom. The maximum Gasteiger partial charge on any atom is 0.433 e. The molecule has 2 aliphatic heterocycles. The summed E-state index contributed by atoms with van der Waals surface area (Å²) in [6, 6.07) is 5.25. The zero-order valence-corrected chi connectivity index (χ0v) is 25.1. The first-order valence-corrected chi connectivity index (χ1v) is 14.7. The summed E-state index contributed by atoms with van der Waals surface area (Å²) < 4.78 is 91.8. The van der Waals surface area contributed by atoms with Gasteiger partial charge in [0.05, 0.1) is 24.8 Å². The molecule has 238 valence electrons. The van der Waals surface area contributed by atoms with E-state index in [9.17, 15) is 22.0 Å². The van der Waals surface area contributed by atoms with Crippen molar-refractivity contribution in [1.82, 2.24) is 24.8 Å². The van der Waals surface area contributed by atoms with Crippen molar-refractivity contribution >= 4 is 5.69 Å². The molecule has 0 amide bonds. The highest BCUT2D eigenvalue weighted by Crippen LogP contribution is 2.41. The maximum atomic E-state index is 15.0. The Morgan fingerprint density at radius 3 is 2.43 bits per heavy atom. The van der Waals surface area contributed by atoms with Crippen LogP contribution in [0.4, 0.5) is 32.0 Å². The number of nitrogens with zero attached hydrogens (tertiary/aromatic N) is 6. The van der Waals surface area contributed by atoms with E-state index in [0.29, 0.717) is 25.9 Å². The first kappa shape index (κ1) is 32.0. The highest BCUT2D eigenvalue weighted by atomic mass is 19.4. The van der Waals surface area contributed by atoms with Gasteiger partial charge in [-0.1, -0.05) is 6.07 Å². The van der Waals surface area contributed by atoms with Crippen molar-refractivity contribution in [3.05, 3.63) is 64.9 Å². The number of hydrogen-bond acceptors (Lipinski definition) is 7. The smallest absolute Gasteiger partial charge is 0.433 e. The van der Waals surface area contributed by atoms with Gasteiger partial charge in [-0.3, -0.25) is 0 Å². The van der Waals surface area contributed by atoms with Crippen molar-refractivity contribution in [2.75, 3.05) is 51.7 Å². The van der Waals surface area contributed by atoms with Crippen molar-refractivity contribution in [2.45, 2.75) is 57.6 Å². The van der Waals surface area contributed by atoms with Gasteiger partial charge in [0.15, 0.2) is 17.4 Å². The number of halogens is 6. The standard InChI is InChI=1S/C31H36F6N6O/c1-18(2)43-17-26(34)44-29-23(32)13-20(14-25(29)43)28-24(33)16-38-27(40-28)15-21-5-6-22(30(39-21)31(35,36)37)19-7-9-42(10-8-19)12-11-41(3)4/h5-6,13-14,16,18-19,26H,7-12,15,17H2,1-4H3. The van der Waals surface area contributed by atoms with Crippen LogP contribution in [0.2, 0.25) is 0 Å². The second kappa shape index (κ2) is 12.9. The minimum absolute atomic E-state index is 0.0166. The molecule has 1 aromatic carbocycles. The molecule has 0 bridgehead atoms. The van der Waals surface area contributed by atoms with Gasteiger partial charge in [0.25, 0.3) is 6.36 Å². The summed E-state index contributed by atoms with van der Waals surface area (Å²) in [5.41, 5.74) is -0.611. The van der Waals surface area contributed by atoms with Gasteiger partial charge in [0.1, 0.15) is 17.2 Å². The summed E-state index contributed by atoms with van der Waals surface area (Å²) in [6.07, 6.45) is -4.49. The monoisotopic (exact) mass is 622 g/mol. The van der Waals surface area contributed by atoms with Gasteiger partial charge in [-0.2, -0.15) is 17.6 Å². The molecule has 1 fully saturated rings. The first-order chi connectivity index (χ1) is 20.8. The summed E-state index contributed by atoms with van der Waals surface area (Å²) in [7, 11) is 3.97. The number of benzene rings is 1. The molecule has 2 aromatic heterocycles. The molecule has 0 radical (unpaired) electrons. The van der Waals surface area contributed by atoms with Crippen molar-refractivity contribution < 1.29 is 31.1 Å². The summed E-state index contributed by atoms with van der Waals surface area (Å²) in [5, 5.41) is 0. The van der Waals surface area contributed by atoms with E-state index in [0.717, 1.165) is 25.4 Å². The molecule has 0 spiro atoms. The Kier molecular flexibility index (Phi) is 9.36. The number of hydrogen-bond donors (Lipinski definition) is 0. The normalized spacial score (nSPS) is 18.2. The Bertz CT molecular complexity index is 1470. The highest BCUT2D eigenvalue weighted by Gasteiger charge is 2.38. The maximum absolute atomic E-state index is 15.0. The summed E-state index contributed by atoms with van der Waals surface area (Å²) in [5.74, 6) is -2.26. The SMILES string of the molecule is CC(C)N1CC(F)Oc2c(F)cc(-c3nc(Cc4ccc(C5CCN(CCN(C)C)CC5)c(C(F)(F)F)n4)ncc3F)cc21. The largest absolute Gasteiger partial charge is 0.453 e. The predicted molar refractivity (Wildman–Crippen MR) is 154 cm³/mol. The van der Waals surface area contributed by atoms with E-state index in [1.54, 1.807) is 18.7 Å². The van der Waals surface area contributed by atoms with E-state index in [1.165, 1.54) is 18.2 Å². The lowest BCUT2D eigenvalue weighted by Crippen LogP contribution is -2.42. The van der Waals surface area contributed by atoms with Crippen LogP contribution < -0.4 is 9.64 Å². The predicted octanol–water partition coefficient (Wildman–Crippen LogP) is 6.07. The number of rotatable bonds is 8. The number of pyridine rings is 1. The van der Waals surface area contributed by atoms with Crippen LogP contribution in [0.25, 0.3) is 11.3 Å². The third-order valence-corrected chi connectivity index (χ3v) is 8.09. The molecule has 0 aliphatic carbocycles. The van der Waals surface area contributed by atoms with E-state index in [4.69, 9.17) is 4.74 Å². The Balaban J connectivity index is 1.40. The van der Waals surface area contributed by atoms with Crippen LogP contribution in [0.3, 0.4) is 0 Å². The van der Waals surface area contributed by atoms with Crippen molar-refractivity contribution in [2.24, 2.45) is 0 Å². The number of likely N-dealkylation sites (N-methyl/N-ethyl adjacent to an activating group) is 1. The number of fused-ring (bicyclic) bond motifs is 1. The lowest BCUT2D eigenvalue weighted by molar-refractivity contribution is -0.142. The van der Waals surface area contributed by atoms with Crippen molar-refractivity contribution in [3.63, 3.8) is 0 Å². The molecule has 13 heteroatoms. The van der Waals surface area contributed by atoms with Crippen molar-refractivity contribution in [3.8, 4) is 17.0 Å². The van der Waals surface area contributed by atoms with Crippen LogP contribution in [0.15, 0.2) is 30.5 Å². The molecule has 2 aliphatic rings. The zero-order valence-electron chi connectivity index (χ0n) is 25.1. The highest BCUT2D eigenvalue weighted by molar-refractivity contribution is 5.72. The molecular formula is C31H36F6N6O. The van der Waals surface area contributed by atoms with Crippen LogP contribution in [0.1, 0.15) is 55.4 Å². The fraction of sp³-hybridized carbons (Fsp3) is 0.516. The summed E-state index contributed by atoms with van der Waals surface area (Å²) in [4.78, 5) is 18.1. The average molecular weight is 623 g/mol. The summed E-state index contributed by atoms with van der Waals surface area (Å²) in [6.45, 7) is 6.64. The van der Waals surface area contributed by atoms with Gasteiger partial charge >= 0.3 is 6.18 Å². The molecule has 7 nitrogen and oxygen atoms in total. The lowest BCUT2D eigenvalue weighted by atomic mass is 9.88. The van der Waals surface area contributed by atoms with Gasteiger partial charge in [-0.25, -0.2) is 23.7 Å². The molecule has 0 saturated carbocycles. The van der Waals surface area contributed by atoms with Crippen LogP contribution in [0, 0.1) is 11.6 Å². The number of aromatic nitrogens is 3. The van der Waals surface area contributed by atoms with Crippen LogP contribution in [0.5, 0.6) is 5.75 Å². The van der Waals surface area contributed by atoms with Gasteiger partial charge in [0, 0.05) is 30.4 Å². The fourth-order valence-electron chi connectivity index (χ4n) is 5.78. The molecule has 0 N–H and O–H groups in total. The van der Waals surface area contributed by atoms with Gasteiger partial charge in [0.2, 0.25) is 0 Å². The Labute approximate surface area is 252 Å². The Morgan fingerprint density at radius 2 is 1.77 bits per heavy atom. The second-order valence-electron chi connectivity index (χ2n) is 11.9. The molecule has 4 heterocycles. The molecule has 3 aromatic rings. The third-order valence-electron chi connectivity index (χ3n) is 8.09. The molecule has 5 rings (SSSR count). The first-order valence-electron chi connectivity index (χ1n) is 14.7. The topological polar surface area (TPSA) is 57.6 Å². The van der Waals surface area contributed by atoms with Crippen LogP contribution in [-0.2, 0) is 12.6 Å². The Hall–Kier alpha value is -3.45. The lowest BCUT2D eigenvalue weighted by Gasteiger charge is -2.36. The van der Waals surface area contributed by atoms with Gasteiger partial charge < -0.3 is 19.4 Å². The summed E-state index contributed by atoms with van der Waals surface area (Å²) >= 11 is 0. The molecule has 1 saturated heterocycles. The minimum atomic E-state index is -4.66. The minimum Gasteiger partial charge on any atom is -0.453 e. The van der Waals surface area contributed by atoms with Gasteiger partial charge in [-0.05, 0) is 83.6 Å². The number of alkyl halides is 4. The molecule has 44 heavy (non-hydrogen) atoms. The van der Waals surface area contributed by atoms with Crippen LogP contribution in [-0.4, -0.2) is 84.0 Å². The second-order valence-corrected chi connectivity index (χ2v) is 11.9. The van der Waals surface area contributed by atoms with Gasteiger partial charge in [-0.15, -0.1) is 0 Å². The van der Waals surface area contributed by atoms with E-state index in [2.05, 4.69) is 24.8 Å². The number of likely N-dealkylation sites (tertiary alicyclic amines) is 1. The van der Waals surface area contributed by atoms with E-state index in [-0.39, 0.29) is 64.7 Å². The van der Waals surface area contributed by atoms with Crippen LogP contribution >= 0.6 is 0 Å². The zero-order chi connectivity index (χ0) is 31.8. The number of anilines is 1. The van der Waals surface area contributed by atoms with E-state index < -0.39 is 29.9 Å².